The highest BCUT2D eigenvalue weighted by atomic mass is 32.2. The van der Waals surface area contributed by atoms with Gasteiger partial charge in [0.2, 0.25) is 10.0 Å². The molecule has 1 aliphatic heterocycles. The molecule has 2 aromatic carbocycles. The summed E-state index contributed by atoms with van der Waals surface area (Å²) in [5.41, 5.74) is 0.320. The van der Waals surface area contributed by atoms with Crippen molar-refractivity contribution in [1.82, 2.24) is 4.31 Å². The monoisotopic (exact) mass is 408 g/mol. The van der Waals surface area contributed by atoms with Gasteiger partial charge in [0.1, 0.15) is 0 Å². The van der Waals surface area contributed by atoms with Crippen molar-refractivity contribution in [1.29, 1.82) is 0 Å². The zero-order valence-electron chi connectivity index (χ0n) is 15.7. The van der Waals surface area contributed by atoms with Crippen LogP contribution in [0.3, 0.4) is 0 Å². The van der Waals surface area contributed by atoms with Crippen LogP contribution in [0.15, 0.2) is 47.4 Å². The predicted octanol–water partition coefficient (Wildman–Crippen LogP) is 3.88. The second kappa shape index (κ2) is 7.97. The Hall–Kier alpha value is -2.32. The molecule has 28 heavy (non-hydrogen) atoms. The van der Waals surface area contributed by atoms with Gasteiger partial charge in [-0.25, -0.2) is 17.2 Å². The number of rotatable bonds is 4. The standard InChI is InChI=1S/C20H22F2N2O3S/c1-13-9-14(2)12-24(11-13)28(26,27)17-6-3-15(4-7-17)20(25)23-16-5-8-18(21)19(22)10-16/h3-8,10,13-14H,9,11-12H2,1-2H3,(H,23,25)/t13-,14-/m1/s1. The van der Waals surface area contributed by atoms with Crippen molar-refractivity contribution in [2.45, 2.75) is 25.2 Å². The van der Waals surface area contributed by atoms with Crippen molar-refractivity contribution in [2.75, 3.05) is 18.4 Å². The fourth-order valence-corrected chi connectivity index (χ4v) is 5.19. The van der Waals surface area contributed by atoms with E-state index in [0.29, 0.717) is 24.9 Å². The molecular weight excluding hydrogens is 386 g/mol. The van der Waals surface area contributed by atoms with E-state index in [4.69, 9.17) is 0 Å². The molecule has 5 nitrogen and oxygen atoms in total. The van der Waals surface area contributed by atoms with Crippen LogP contribution in [-0.4, -0.2) is 31.7 Å². The largest absolute Gasteiger partial charge is 0.322 e. The van der Waals surface area contributed by atoms with Crippen LogP contribution in [0.4, 0.5) is 14.5 Å². The Kier molecular flexibility index (Phi) is 5.81. The number of halogens is 2. The average Bonchev–Trinajstić information content (AvgIpc) is 2.64. The molecule has 0 spiro atoms. The Morgan fingerprint density at radius 3 is 2.18 bits per heavy atom. The molecule has 0 aromatic heterocycles. The third-order valence-electron chi connectivity index (χ3n) is 4.77. The Labute approximate surface area is 163 Å². The topological polar surface area (TPSA) is 66.5 Å². The Morgan fingerprint density at radius 1 is 1.00 bits per heavy atom. The second-order valence-electron chi connectivity index (χ2n) is 7.38. The normalized spacial score (nSPS) is 20.7. The summed E-state index contributed by atoms with van der Waals surface area (Å²) < 4.78 is 53.4. The average molecular weight is 408 g/mol. The maximum Gasteiger partial charge on any atom is 0.255 e. The highest BCUT2D eigenvalue weighted by Gasteiger charge is 2.31. The summed E-state index contributed by atoms with van der Waals surface area (Å²) in [6.07, 6.45) is 0.995. The van der Waals surface area contributed by atoms with Crippen LogP contribution < -0.4 is 5.32 Å². The number of sulfonamides is 1. The number of piperidine rings is 1. The number of hydrogen-bond donors (Lipinski definition) is 1. The Bertz CT molecular complexity index is 967. The number of nitrogens with one attached hydrogen (secondary N) is 1. The van der Waals surface area contributed by atoms with E-state index >= 15 is 0 Å². The molecule has 1 saturated heterocycles. The number of nitrogens with zero attached hydrogens (tertiary/aromatic N) is 1. The number of benzene rings is 2. The highest BCUT2D eigenvalue weighted by molar-refractivity contribution is 7.89. The van der Waals surface area contributed by atoms with Gasteiger partial charge in [-0.15, -0.1) is 0 Å². The summed E-state index contributed by atoms with van der Waals surface area (Å²) in [4.78, 5) is 12.4. The van der Waals surface area contributed by atoms with Crippen LogP contribution in [0.25, 0.3) is 0 Å². The molecule has 2 atom stereocenters. The predicted molar refractivity (Wildman–Crippen MR) is 102 cm³/mol. The molecule has 1 N–H and O–H groups in total. The third kappa shape index (κ3) is 4.39. The van der Waals surface area contributed by atoms with Crippen molar-refractivity contribution in [2.24, 2.45) is 11.8 Å². The highest BCUT2D eigenvalue weighted by Crippen LogP contribution is 2.27. The summed E-state index contributed by atoms with van der Waals surface area (Å²) in [6, 6.07) is 8.62. The van der Waals surface area contributed by atoms with E-state index in [0.717, 1.165) is 18.6 Å². The van der Waals surface area contributed by atoms with Crippen molar-refractivity contribution in [3.8, 4) is 0 Å². The summed E-state index contributed by atoms with van der Waals surface area (Å²) in [6.45, 7) is 5.02. The lowest BCUT2D eigenvalue weighted by atomic mass is 9.94. The molecule has 0 unspecified atom stereocenters. The molecule has 0 bridgehead atoms. The molecule has 2 aromatic rings. The summed E-state index contributed by atoms with van der Waals surface area (Å²) >= 11 is 0. The molecule has 150 valence electrons. The van der Waals surface area contributed by atoms with E-state index in [1.54, 1.807) is 0 Å². The van der Waals surface area contributed by atoms with E-state index in [1.807, 2.05) is 13.8 Å². The van der Waals surface area contributed by atoms with Crippen molar-refractivity contribution in [3.63, 3.8) is 0 Å². The first-order valence-electron chi connectivity index (χ1n) is 9.03. The lowest BCUT2D eigenvalue weighted by molar-refractivity contribution is 0.102. The Balaban J connectivity index is 1.75. The van der Waals surface area contributed by atoms with Crippen molar-refractivity contribution >= 4 is 21.6 Å². The van der Waals surface area contributed by atoms with Gasteiger partial charge in [0.15, 0.2) is 11.6 Å². The molecule has 0 aliphatic carbocycles. The molecule has 1 amide bonds. The van der Waals surface area contributed by atoms with E-state index in [9.17, 15) is 22.0 Å². The first-order valence-corrected chi connectivity index (χ1v) is 10.5. The zero-order chi connectivity index (χ0) is 20.5. The minimum atomic E-state index is -3.63. The number of carbonyl (C=O) groups is 1. The van der Waals surface area contributed by atoms with Crippen LogP contribution in [0.5, 0.6) is 0 Å². The molecule has 1 heterocycles. The zero-order valence-corrected chi connectivity index (χ0v) is 16.5. The van der Waals surface area contributed by atoms with Crippen LogP contribution >= 0.6 is 0 Å². The summed E-state index contributed by atoms with van der Waals surface area (Å²) in [7, 11) is -3.63. The molecule has 3 rings (SSSR count). The molecule has 0 radical (unpaired) electrons. The van der Waals surface area contributed by atoms with Crippen molar-refractivity contribution in [3.05, 3.63) is 59.7 Å². The maximum absolute atomic E-state index is 13.3. The fourth-order valence-electron chi connectivity index (χ4n) is 3.51. The van der Waals surface area contributed by atoms with Gasteiger partial charge in [-0.2, -0.15) is 4.31 Å². The SMILES string of the molecule is C[C@@H]1C[C@@H](C)CN(S(=O)(=O)c2ccc(C(=O)Nc3ccc(F)c(F)c3)cc2)C1. The minimum Gasteiger partial charge on any atom is -0.322 e. The van der Waals surface area contributed by atoms with Gasteiger partial charge in [0, 0.05) is 30.4 Å². The van der Waals surface area contributed by atoms with Gasteiger partial charge in [-0.05, 0) is 54.7 Å². The van der Waals surface area contributed by atoms with Gasteiger partial charge in [0.05, 0.1) is 4.90 Å². The van der Waals surface area contributed by atoms with Gasteiger partial charge >= 0.3 is 0 Å². The van der Waals surface area contributed by atoms with Crippen LogP contribution in [0.2, 0.25) is 0 Å². The number of amides is 1. The first-order chi connectivity index (χ1) is 13.2. The van der Waals surface area contributed by atoms with Gasteiger partial charge in [-0.3, -0.25) is 4.79 Å². The van der Waals surface area contributed by atoms with E-state index < -0.39 is 27.6 Å². The third-order valence-corrected chi connectivity index (χ3v) is 6.61. The Morgan fingerprint density at radius 2 is 1.61 bits per heavy atom. The second-order valence-corrected chi connectivity index (χ2v) is 9.31. The maximum atomic E-state index is 13.3. The van der Waals surface area contributed by atoms with Crippen LogP contribution in [0, 0.1) is 23.5 Å². The smallest absolute Gasteiger partial charge is 0.255 e. The number of carbonyl (C=O) groups excluding carboxylic acids is 1. The molecule has 1 fully saturated rings. The molecule has 1 aliphatic rings. The number of hydrogen-bond acceptors (Lipinski definition) is 3. The quantitative estimate of drug-likeness (QED) is 0.835. The summed E-state index contributed by atoms with van der Waals surface area (Å²) in [5, 5.41) is 2.45. The van der Waals surface area contributed by atoms with Gasteiger partial charge in [-0.1, -0.05) is 13.8 Å². The lowest BCUT2D eigenvalue weighted by Gasteiger charge is -2.34. The lowest BCUT2D eigenvalue weighted by Crippen LogP contribution is -2.42. The van der Waals surface area contributed by atoms with Gasteiger partial charge < -0.3 is 5.32 Å². The molecular formula is C20H22F2N2O3S. The van der Waals surface area contributed by atoms with E-state index in [1.165, 1.54) is 34.6 Å². The molecule has 8 heteroatoms. The minimum absolute atomic E-state index is 0.108. The van der Waals surface area contributed by atoms with E-state index in [2.05, 4.69) is 5.32 Å². The van der Waals surface area contributed by atoms with Crippen LogP contribution in [0.1, 0.15) is 30.6 Å². The van der Waals surface area contributed by atoms with Gasteiger partial charge in [0.25, 0.3) is 5.91 Å². The van der Waals surface area contributed by atoms with Crippen LogP contribution in [-0.2, 0) is 10.0 Å². The number of anilines is 1. The molecule has 0 saturated carbocycles. The summed E-state index contributed by atoms with van der Waals surface area (Å²) in [5.74, 6) is -2.03. The fraction of sp³-hybridized carbons (Fsp3) is 0.350. The first kappa shape index (κ1) is 20.4. The van der Waals surface area contributed by atoms with E-state index in [-0.39, 0.29) is 16.1 Å². The van der Waals surface area contributed by atoms with Crippen molar-refractivity contribution < 1.29 is 22.0 Å².